The number of nitrogens with one attached hydrogen (secondary N) is 2. The predicted octanol–water partition coefficient (Wildman–Crippen LogP) is 2.69. The minimum Gasteiger partial charge on any atom is -0.493 e. The van der Waals surface area contributed by atoms with Gasteiger partial charge in [0.05, 0.1) is 19.9 Å². The average Bonchev–Trinajstić information content (AvgIpc) is 2.48. The number of benzene rings is 1. The summed E-state index contributed by atoms with van der Waals surface area (Å²) < 4.78 is 10.8. The fourth-order valence-electron chi connectivity index (χ4n) is 1.63. The van der Waals surface area contributed by atoms with Crippen molar-refractivity contribution in [3.63, 3.8) is 0 Å². The Hall–Kier alpha value is -1.82. The SMILES string of the molecule is CCCCNC(=S)N/N=C\c1ccc(OC)c(OCC)c1. The lowest BCUT2D eigenvalue weighted by Gasteiger charge is -2.09. The molecule has 21 heavy (non-hydrogen) atoms. The highest BCUT2D eigenvalue weighted by Gasteiger charge is 2.04. The van der Waals surface area contributed by atoms with Gasteiger partial charge in [-0.2, -0.15) is 5.10 Å². The first-order valence-electron chi connectivity index (χ1n) is 7.09. The van der Waals surface area contributed by atoms with Crippen LogP contribution in [0.15, 0.2) is 23.3 Å². The minimum atomic E-state index is 0.526. The molecule has 2 N–H and O–H groups in total. The summed E-state index contributed by atoms with van der Waals surface area (Å²) in [5.41, 5.74) is 3.69. The van der Waals surface area contributed by atoms with Gasteiger partial charge in [-0.05, 0) is 49.3 Å². The van der Waals surface area contributed by atoms with Crippen LogP contribution in [0.2, 0.25) is 0 Å². The van der Waals surface area contributed by atoms with Crippen LogP contribution in [0.25, 0.3) is 0 Å². The molecule has 0 saturated heterocycles. The van der Waals surface area contributed by atoms with E-state index in [0.717, 1.165) is 24.9 Å². The van der Waals surface area contributed by atoms with Crippen LogP contribution in [0, 0.1) is 0 Å². The highest BCUT2D eigenvalue weighted by molar-refractivity contribution is 7.80. The van der Waals surface area contributed by atoms with Crippen LogP contribution in [0.4, 0.5) is 0 Å². The molecule has 0 spiro atoms. The summed E-state index contributed by atoms with van der Waals surface area (Å²) in [6.45, 7) is 5.51. The Morgan fingerprint density at radius 1 is 1.33 bits per heavy atom. The molecule has 0 radical (unpaired) electrons. The number of hydrogen-bond donors (Lipinski definition) is 2. The molecule has 0 amide bonds. The van der Waals surface area contributed by atoms with Gasteiger partial charge in [-0.3, -0.25) is 5.43 Å². The largest absolute Gasteiger partial charge is 0.493 e. The lowest BCUT2D eigenvalue weighted by Crippen LogP contribution is -2.32. The molecular weight excluding hydrogens is 286 g/mol. The van der Waals surface area contributed by atoms with E-state index in [1.165, 1.54) is 0 Å². The van der Waals surface area contributed by atoms with E-state index in [-0.39, 0.29) is 0 Å². The first-order chi connectivity index (χ1) is 10.2. The second-order valence-electron chi connectivity index (χ2n) is 4.32. The van der Waals surface area contributed by atoms with Crippen LogP contribution in [-0.2, 0) is 0 Å². The summed E-state index contributed by atoms with van der Waals surface area (Å²) in [6, 6.07) is 5.63. The quantitative estimate of drug-likeness (QED) is 0.335. The summed E-state index contributed by atoms with van der Waals surface area (Å²) in [7, 11) is 1.62. The van der Waals surface area contributed by atoms with Crippen LogP contribution >= 0.6 is 12.2 Å². The molecule has 0 aliphatic heterocycles. The maximum absolute atomic E-state index is 5.52. The molecule has 116 valence electrons. The highest BCUT2D eigenvalue weighted by atomic mass is 32.1. The normalized spacial score (nSPS) is 10.4. The van der Waals surface area contributed by atoms with Gasteiger partial charge in [-0.25, -0.2) is 0 Å². The van der Waals surface area contributed by atoms with E-state index in [0.29, 0.717) is 23.2 Å². The van der Waals surface area contributed by atoms with E-state index >= 15 is 0 Å². The smallest absolute Gasteiger partial charge is 0.186 e. The molecule has 0 fully saturated rings. The lowest BCUT2D eigenvalue weighted by atomic mass is 10.2. The van der Waals surface area contributed by atoms with Gasteiger partial charge in [0.25, 0.3) is 0 Å². The topological polar surface area (TPSA) is 54.9 Å². The molecule has 0 unspecified atom stereocenters. The van der Waals surface area contributed by atoms with Gasteiger partial charge in [-0.1, -0.05) is 13.3 Å². The van der Waals surface area contributed by atoms with E-state index in [4.69, 9.17) is 21.7 Å². The molecule has 1 aromatic carbocycles. The Kier molecular flexibility index (Phi) is 8.19. The minimum absolute atomic E-state index is 0.526. The molecular formula is C15H23N3O2S. The molecule has 0 aromatic heterocycles. The van der Waals surface area contributed by atoms with Gasteiger partial charge in [-0.15, -0.1) is 0 Å². The van der Waals surface area contributed by atoms with Crippen molar-refractivity contribution >= 4 is 23.5 Å². The molecule has 0 aliphatic rings. The molecule has 0 saturated carbocycles. The van der Waals surface area contributed by atoms with Crippen LogP contribution < -0.4 is 20.2 Å². The Balaban J connectivity index is 2.55. The molecule has 5 nitrogen and oxygen atoms in total. The van der Waals surface area contributed by atoms with Crippen molar-refractivity contribution < 1.29 is 9.47 Å². The number of methoxy groups -OCH3 is 1. The number of ether oxygens (including phenoxy) is 2. The van der Waals surface area contributed by atoms with Gasteiger partial charge in [0.1, 0.15) is 0 Å². The molecule has 0 heterocycles. The predicted molar refractivity (Wildman–Crippen MR) is 90.4 cm³/mol. The number of unbranched alkanes of at least 4 members (excludes halogenated alkanes) is 1. The zero-order valence-corrected chi connectivity index (χ0v) is 13.6. The van der Waals surface area contributed by atoms with Crippen LogP contribution in [-0.4, -0.2) is 31.6 Å². The summed E-state index contributed by atoms with van der Waals surface area (Å²) in [5.74, 6) is 1.41. The fourth-order valence-corrected chi connectivity index (χ4v) is 1.78. The van der Waals surface area contributed by atoms with Crippen molar-refractivity contribution in [1.29, 1.82) is 0 Å². The number of hydrogen-bond acceptors (Lipinski definition) is 4. The maximum atomic E-state index is 5.52. The van der Waals surface area contributed by atoms with Crippen molar-refractivity contribution in [2.45, 2.75) is 26.7 Å². The first kappa shape index (κ1) is 17.2. The van der Waals surface area contributed by atoms with Gasteiger partial charge >= 0.3 is 0 Å². The van der Waals surface area contributed by atoms with Gasteiger partial charge in [0.15, 0.2) is 16.6 Å². The van der Waals surface area contributed by atoms with Crippen molar-refractivity contribution in [1.82, 2.24) is 10.7 Å². The number of thiocarbonyl (C=S) groups is 1. The molecule has 0 atom stereocenters. The molecule has 0 bridgehead atoms. The number of hydrazone groups is 1. The van der Waals surface area contributed by atoms with Gasteiger partial charge in [0, 0.05) is 6.54 Å². The maximum Gasteiger partial charge on any atom is 0.186 e. The van der Waals surface area contributed by atoms with Gasteiger partial charge < -0.3 is 14.8 Å². The standard InChI is InChI=1S/C15H23N3O2S/c1-4-6-9-16-15(21)18-17-11-12-7-8-13(19-3)14(10-12)20-5-2/h7-8,10-11H,4-6,9H2,1-3H3,(H2,16,18,21)/b17-11-. The summed E-state index contributed by atoms with van der Waals surface area (Å²) in [4.78, 5) is 0. The molecule has 1 rings (SSSR count). The first-order valence-corrected chi connectivity index (χ1v) is 7.49. The third-order valence-electron chi connectivity index (χ3n) is 2.68. The molecule has 6 heteroatoms. The van der Waals surface area contributed by atoms with E-state index in [1.54, 1.807) is 13.3 Å². The molecule has 0 aliphatic carbocycles. The van der Waals surface area contributed by atoms with E-state index < -0.39 is 0 Å². The fraction of sp³-hybridized carbons (Fsp3) is 0.467. The van der Waals surface area contributed by atoms with Crippen LogP contribution in [0.1, 0.15) is 32.3 Å². The van der Waals surface area contributed by atoms with E-state index in [2.05, 4.69) is 22.8 Å². The summed E-state index contributed by atoms with van der Waals surface area (Å²) in [6.07, 6.45) is 3.91. The Bertz CT molecular complexity index is 478. The van der Waals surface area contributed by atoms with Crippen molar-refractivity contribution in [2.75, 3.05) is 20.3 Å². The third kappa shape index (κ3) is 6.44. The Morgan fingerprint density at radius 3 is 2.81 bits per heavy atom. The summed E-state index contributed by atoms with van der Waals surface area (Å²) in [5, 5.41) is 7.71. The van der Waals surface area contributed by atoms with Gasteiger partial charge in [0.2, 0.25) is 0 Å². The average molecular weight is 309 g/mol. The van der Waals surface area contributed by atoms with Crippen LogP contribution in [0.5, 0.6) is 11.5 Å². The highest BCUT2D eigenvalue weighted by Crippen LogP contribution is 2.27. The Morgan fingerprint density at radius 2 is 2.14 bits per heavy atom. The zero-order chi connectivity index (χ0) is 15.5. The summed E-state index contributed by atoms with van der Waals surface area (Å²) >= 11 is 5.11. The lowest BCUT2D eigenvalue weighted by molar-refractivity contribution is 0.311. The van der Waals surface area contributed by atoms with Crippen LogP contribution in [0.3, 0.4) is 0 Å². The second-order valence-corrected chi connectivity index (χ2v) is 4.73. The monoisotopic (exact) mass is 309 g/mol. The Labute approximate surface area is 131 Å². The zero-order valence-electron chi connectivity index (χ0n) is 12.8. The van der Waals surface area contributed by atoms with E-state index in [9.17, 15) is 0 Å². The third-order valence-corrected chi connectivity index (χ3v) is 2.92. The van der Waals surface area contributed by atoms with E-state index in [1.807, 2.05) is 25.1 Å². The number of nitrogens with zero attached hydrogens (tertiary/aromatic N) is 1. The molecule has 1 aromatic rings. The van der Waals surface area contributed by atoms with Crippen molar-refractivity contribution in [3.8, 4) is 11.5 Å². The van der Waals surface area contributed by atoms with Crippen molar-refractivity contribution in [2.24, 2.45) is 5.10 Å². The van der Waals surface area contributed by atoms with Crippen molar-refractivity contribution in [3.05, 3.63) is 23.8 Å². The second kappa shape index (κ2) is 9.99. The number of rotatable bonds is 8.